The Labute approximate surface area is 259 Å². The van der Waals surface area contributed by atoms with Gasteiger partial charge in [0.15, 0.2) is 0 Å². The summed E-state index contributed by atoms with van der Waals surface area (Å²) in [7, 11) is 2.10. The standard InChI is InChI=1S/C39H28N6/c1-43-24-12-10-20-36(43)33-25-32(31-17-9-11-23-40-31)41-39(42-33)45-35-19-8-6-16-28(35)30-22-21-29-27-15-5-7-18-34(27)44(37(29)38(30)45)26-13-3-2-4-14-26/h2-23,25H,24H2,1H3. The van der Waals surface area contributed by atoms with Crippen LogP contribution < -0.4 is 0 Å². The smallest absolute Gasteiger partial charge is 0.235 e. The Morgan fingerprint density at radius 1 is 0.578 bits per heavy atom. The van der Waals surface area contributed by atoms with Crippen molar-refractivity contribution >= 4 is 49.3 Å². The quantitative estimate of drug-likeness (QED) is 0.209. The van der Waals surface area contributed by atoms with Crippen molar-refractivity contribution in [1.29, 1.82) is 0 Å². The van der Waals surface area contributed by atoms with E-state index in [1.54, 1.807) is 0 Å². The minimum Gasteiger partial charge on any atom is -0.369 e. The van der Waals surface area contributed by atoms with Crippen molar-refractivity contribution in [3.8, 4) is 23.0 Å². The van der Waals surface area contributed by atoms with E-state index < -0.39 is 0 Å². The van der Waals surface area contributed by atoms with E-state index in [1.165, 1.54) is 10.8 Å². The summed E-state index contributed by atoms with van der Waals surface area (Å²) in [6, 6.07) is 40.3. The van der Waals surface area contributed by atoms with Crippen molar-refractivity contribution < 1.29 is 0 Å². The molecule has 214 valence electrons. The van der Waals surface area contributed by atoms with Gasteiger partial charge in [-0.3, -0.25) is 9.55 Å². The summed E-state index contributed by atoms with van der Waals surface area (Å²) in [6.07, 6.45) is 8.18. The van der Waals surface area contributed by atoms with Crippen molar-refractivity contribution in [3.63, 3.8) is 0 Å². The second kappa shape index (κ2) is 10.0. The van der Waals surface area contributed by atoms with E-state index in [2.05, 4.69) is 141 Å². The van der Waals surface area contributed by atoms with Gasteiger partial charge >= 0.3 is 0 Å². The summed E-state index contributed by atoms with van der Waals surface area (Å²) in [5.74, 6) is 0.612. The second-order valence-corrected chi connectivity index (χ2v) is 11.4. The van der Waals surface area contributed by atoms with Gasteiger partial charge in [-0.2, -0.15) is 0 Å². The first-order chi connectivity index (χ1) is 22.3. The highest BCUT2D eigenvalue weighted by Gasteiger charge is 2.23. The molecular weight excluding hydrogens is 552 g/mol. The maximum absolute atomic E-state index is 5.31. The van der Waals surface area contributed by atoms with Gasteiger partial charge < -0.3 is 9.47 Å². The lowest BCUT2D eigenvalue weighted by atomic mass is 10.1. The Balaban J connectivity index is 1.46. The van der Waals surface area contributed by atoms with Crippen LogP contribution in [0, 0.1) is 0 Å². The molecule has 1 aliphatic rings. The third kappa shape index (κ3) is 3.92. The lowest BCUT2D eigenvalue weighted by Gasteiger charge is -2.23. The highest BCUT2D eigenvalue weighted by atomic mass is 15.2. The van der Waals surface area contributed by atoms with E-state index in [0.29, 0.717) is 5.95 Å². The van der Waals surface area contributed by atoms with Crippen LogP contribution in [0.4, 0.5) is 0 Å². The number of nitrogens with zero attached hydrogens (tertiary/aromatic N) is 6. The summed E-state index contributed by atoms with van der Waals surface area (Å²) in [5, 5.41) is 4.71. The Morgan fingerprint density at radius 3 is 1.93 bits per heavy atom. The van der Waals surface area contributed by atoms with E-state index in [-0.39, 0.29) is 0 Å². The summed E-state index contributed by atoms with van der Waals surface area (Å²) in [6.45, 7) is 0.817. The zero-order valence-electron chi connectivity index (χ0n) is 24.7. The van der Waals surface area contributed by atoms with Crippen LogP contribution in [-0.2, 0) is 0 Å². The predicted molar refractivity (Wildman–Crippen MR) is 184 cm³/mol. The number of hydrogen-bond acceptors (Lipinski definition) is 4. The SMILES string of the molecule is CN1CC=CC=C1c1cc(-c2ccccn2)nc(-n2c3ccccc3c3ccc4c5ccccc5n(-c5ccccc5)c4c32)n1. The van der Waals surface area contributed by atoms with Crippen molar-refractivity contribution in [1.82, 2.24) is 29.0 Å². The molecule has 45 heavy (non-hydrogen) atoms. The minimum atomic E-state index is 0.612. The van der Waals surface area contributed by atoms with E-state index in [9.17, 15) is 0 Å². The van der Waals surface area contributed by atoms with Crippen LogP contribution >= 0.6 is 0 Å². The fraction of sp³-hybridized carbons (Fsp3) is 0.0513. The van der Waals surface area contributed by atoms with Crippen LogP contribution in [0.25, 0.3) is 72.3 Å². The average molecular weight is 581 g/mol. The molecule has 6 heteroatoms. The number of pyridine rings is 1. The molecule has 4 aromatic heterocycles. The van der Waals surface area contributed by atoms with Crippen molar-refractivity contribution in [2.75, 3.05) is 13.6 Å². The number of likely N-dealkylation sites (N-methyl/N-ethyl adjacent to an activating group) is 1. The molecule has 8 aromatic rings. The zero-order valence-corrected chi connectivity index (χ0v) is 24.7. The van der Waals surface area contributed by atoms with Crippen LogP contribution in [0.1, 0.15) is 5.69 Å². The molecule has 0 atom stereocenters. The number of para-hydroxylation sites is 3. The minimum absolute atomic E-state index is 0.612. The van der Waals surface area contributed by atoms with Crippen LogP contribution in [0.3, 0.4) is 0 Å². The third-order valence-electron chi connectivity index (χ3n) is 8.77. The third-order valence-corrected chi connectivity index (χ3v) is 8.77. The highest BCUT2D eigenvalue weighted by molar-refractivity contribution is 6.23. The van der Waals surface area contributed by atoms with Gasteiger partial charge in [-0.15, -0.1) is 0 Å². The Bertz CT molecular complexity index is 2470. The molecule has 0 saturated heterocycles. The van der Waals surface area contributed by atoms with Gasteiger partial charge in [0.1, 0.15) is 0 Å². The van der Waals surface area contributed by atoms with E-state index in [4.69, 9.17) is 9.97 Å². The van der Waals surface area contributed by atoms with Crippen molar-refractivity contribution in [2.24, 2.45) is 0 Å². The van der Waals surface area contributed by atoms with Gasteiger partial charge in [0.05, 0.1) is 44.8 Å². The first kappa shape index (κ1) is 25.5. The summed E-state index contributed by atoms with van der Waals surface area (Å²) >= 11 is 0. The topological polar surface area (TPSA) is 51.8 Å². The van der Waals surface area contributed by atoms with E-state index >= 15 is 0 Å². The lowest BCUT2D eigenvalue weighted by Crippen LogP contribution is -2.20. The zero-order chi connectivity index (χ0) is 29.9. The van der Waals surface area contributed by atoms with Crippen LogP contribution in [0.2, 0.25) is 0 Å². The molecule has 0 unspecified atom stereocenters. The molecule has 0 radical (unpaired) electrons. The van der Waals surface area contributed by atoms with Crippen LogP contribution in [0.5, 0.6) is 0 Å². The van der Waals surface area contributed by atoms with Gasteiger partial charge in [-0.25, -0.2) is 9.97 Å². The number of rotatable bonds is 4. The molecule has 5 heterocycles. The van der Waals surface area contributed by atoms with Crippen molar-refractivity contribution in [3.05, 3.63) is 145 Å². The molecular formula is C39H28N6. The fourth-order valence-corrected chi connectivity index (χ4v) is 6.75. The molecule has 0 fully saturated rings. The first-order valence-electron chi connectivity index (χ1n) is 15.2. The largest absolute Gasteiger partial charge is 0.369 e. The molecule has 0 aliphatic carbocycles. The number of benzene rings is 4. The monoisotopic (exact) mass is 580 g/mol. The van der Waals surface area contributed by atoms with Gasteiger partial charge in [0, 0.05) is 47.0 Å². The van der Waals surface area contributed by atoms with E-state index in [1.807, 2.05) is 24.4 Å². The maximum Gasteiger partial charge on any atom is 0.235 e. The van der Waals surface area contributed by atoms with Gasteiger partial charge in [0.25, 0.3) is 0 Å². The molecule has 0 spiro atoms. The molecule has 4 aromatic carbocycles. The molecule has 0 N–H and O–H groups in total. The van der Waals surface area contributed by atoms with Gasteiger partial charge in [0.2, 0.25) is 5.95 Å². The molecule has 6 nitrogen and oxygen atoms in total. The first-order valence-corrected chi connectivity index (χ1v) is 15.2. The maximum atomic E-state index is 5.31. The van der Waals surface area contributed by atoms with E-state index in [0.717, 1.165) is 67.9 Å². The molecule has 0 saturated carbocycles. The molecule has 1 aliphatic heterocycles. The van der Waals surface area contributed by atoms with Gasteiger partial charge in [-0.1, -0.05) is 84.9 Å². The molecule has 0 amide bonds. The lowest BCUT2D eigenvalue weighted by molar-refractivity contribution is 0.528. The van der Waals surface area contributed by atoms with Gasteiger partial charge in [-0.05, 0) is 48.5 Å². The summed E-state index contributed by atoms with van der Waals surface area (Å²) in [4.78, 5) is 17.5. The molecule has 0 bridgehead atoms. The number of fused-ring (bicyclic) bond motifs is 7. The highest BCUT2D eigenvalue weighted by Crippen LogP contribution is 2.41. The second-order valence-electron chi connectivity index (χ2n) is 11.4. The summed E-state index contributed by atoms with van der Waals surface area (Å²) in [5.41, 5.74) is 9.01. The summed E-state index contributed by atoms with van der Waals surface area (Å²) < 4.78 is 4.63. The Hall–Kier alpha value is -6.01. The average Bonchev–Trinajstić information content (AvgIpc) is 3.62. The predicted octanol–water partition coefficient (Wildman–Crippen LogP) is 8.58. The Morgan fingerprint density at radius 2 is 1.22 bits per heavy atom. The number of hydrogen-bond donors (Lipinski definition) is 0. The number of allylic oxidation sites excluding steroid dienone is 2. The number of aromatic nitrogens is 5. The van der Waals surface area contributed by atoms with Crippen LogP contribution in [-0.4, -0.2) is 42.6 Å². The van der Waals surface area contributed by atoms with Crippen LogP contribution in [0.15, 0.2) is 140 Å². The fourth-order valence-electron chi connectivity index (χ4n) is 6.75. The molecule has 9 rings (SSSR count). The normalized spacial score (nSPS) is 13.4. The Kier molecular flexibility index (Phi) is 5.68. The van der Waals surface area contributed by atoms with Crippen molar-refractivity contribution in [2.45, 2.75) is 0 Å².